The molecule has 2 aliphatic rings. The molecule has 0 aliphatic carbocycles. The summed E-state index contributed by atoms with van der Waals surface area (Å²) in [4.78, 5) is 28.5. The van der Waals surface area contributed by atoms with Crippen LogP contribution in [-0.2, 0) is 16.6 Å². The first kappa shape index (κ1) is 16.0. The van der Waals surface area contributed by atoms with Gasteiger partial charge in [-0.2, -0.15) is 5.10 Å². The first-order valence-electron chi connectivity index (χ1n) is 8.20. The van der Waals surface area contributed by atoms with Crippen LogP contribution in [0.4, 0.5) is 0 Å². The monoisotopic (exact) mass is 320 g/mol. The molecule has 7 heteroatoms. The van der Waals surface area contributed by atoms with E-state index in [0.29, 0.717) is 51.5 Å². The van der Waals surface area contributed by atoms with Crippen molar-refractivity contribution in [2.75, 3.05) is 39.4 Å². The molecule has 0 spiro atoms. The van der Waals surface area contributed by atoms with Crippen molar-refractivity contribution in [1.29, 1.82) is 0 Å². The molecular weight excluding hydrogens is 296 g/mol. The molecule has 2 fully saturated rings. The van der Waals surface area contributed by atoms with Gasteiger partial charge in [-0.3, -0.25) is 14.3 Å². The molecule has 0 saturated carbocycles. The molecule has 0 aromatic carbocycles. The molecule has 3 heterocycles. The van der Waals surface area contributed by atoms with Crippen molar-refractivity contribution in [3.05, 3.63) is 17.5 Å². The largest absolute Gasteiger partial charge is 0.378 e. The van der Waals surface area contributed by atoms with Crippen LogP contribution in [0.1, 0.15) is 29.0 Å². The first-order valence-corrected chi connectivity index (χ1v) is 8.20. The summed E-state index contributed by atoms with van der Waals surface area (Å²) in [5.74, 6) is 0.399. The quantitative estimate of drug-likeness (QED) is 0.810. The second-order valence-electron chi connectivity index (χ2n) is 6.40. The summed E-state index contributed by atoms with van der Waals surface area (Å²) in [5.41, 5.74) is 1.46. The van der Waals surface area contributed by atoms with Crippen LogP contribution >= 0.6 is 0 Å². The zero-order valence-corrected chi connectivity index (χ0v) is 13.8. The topological polar surface area (TPSA) is 67.7 Å². The van der Waals surface area contributed by atoms with Crippen LogP contribution in [0.15, 0.2) is 6.07 Å². The number of ether oxygens (including phenoxy) is 1. The highest BCUT2D eigenvalue weighted by molar-refractivity contribution is 5.92. The van der Waals surface area contributed by atoms with Gasteiger partial charge in [0, 0.05) is 45.3 Å². The Morgan fingerprint density at radius 1 is 1.26 bits per heavy atom. The number of hydrogen-bond donors (Lipinski definition) is 0. The highest BCUT2D eigenvalue weighted by Gasteiger charge is 2.31. The summed E-state index contributed by atoms with van der Waals surface area (Å²) in [7, 11) is 1.83. The summed E-state index contributed by atoms with van der Waals surface area (Å²) >= 11 is 0. The third-order valence-electron chi connectivity index (χ3n) is 4.73. The van der Waals surface area contributed by atoms with Crippen molar-refractivity contribution in [2.45, 2.75) is 19.8 Å². The Bertz CT molecular complexity index is 573. The molecule has 7 nitrogen and oxygen atoms in total. The molecule has 0 bridgehead atoms. The number of hydrogen-bond acceptors (Lipinski definition) is 4. The van der Waals surface area contributed by atoms with Gasteiger partial charge >= 0.3 is 0 Å². The Kier molecular flexibility index (Phi) is 4.66. The molecule has 2 amide bonds. The number of rotatable bonds is 3. The molecular formula is C16H24N4O3. The van der Waals surface area contributed by atoms with E-state index in [1.807, 2.05) is 29.8 Å². The van der Waals surface area contributed by atoms with E-state index in [0.717, 1.165) is 12.1 Å². The molecule has 2 saturated heterocycles. The first-order chi connectivity index (χ1) is 11.0. The molecule has 2 aliphatic heterocycles. The smallest absolute Gasteiger partial charge is 0.274 e. The van der Waals surface area contributed by atoms with Crippen molar-refractivity contribution in [1.82, 2.24) is 19.6 Å². The highest BCUT2D eigenvalue weighted by atomic mass is 16.5. The van der Waals surface area contributed by atoms with Crippen LogP contribution < -0.4 is 0 Å². The minimum atomic E-state index is -0.0324. The molecule has 126 valence electrons. The van der Waals surface area contributed by atoms with Gasteiger partial charge in [0.2, 0.25) is 5.91 Å². The number of nitrogens with zero attached hydrogens (tertiary/aromatic N) is 4. The van der Waals surface area contributed by atoms with Gasteiger partial charge in [0.15, 0.2) is 5.69 Å². The predicted octanol–water partition coefficient (Wildman–Crippen LogP) is 0.440. The molecule has 23 heavy (non-hydrogen) atoms. The van der Waals surface area contributed by atoms with Crippen molar-refractivity contribution in [2.24, 2.45) is 13.0 Å². The molecule has 0 N–H and O–H groups in total. The molecule has 1 atom stereocenters. The molecule has 0 radical (unpaired) electrons. The second kappa shape index (κ2) is 6.70. The van der Waals surface area contributed by atoms with Gasteiger partial charge in [-0.1, -0.05) is 0 Å². The Labute approximate surface area is 136 Å². The number of amides is 2. The van der Waals surface area contributed by atoms with Gasteiger partial charge < -0.3 is 14.5 Å². The lowest BCUT2D eigenvalue weighted by molar-refractivity contribution is -0.136. The normalized spacial score (nSPS) is 21.7. The number of aromatic nitrogens is 2. The maximum absolute atomic E-state index is 12.5. The van der Waals surface area contributed by atoms with Crippen LogP contribution in [0.25, 0.3) is 0 Å². The zero-order chi connectivity index (χ0) is 16.4. The van der Waals surface area contributed by atoms with E-state index >= 15 is 0 Å². The second-order valence-corrected chi connectivity index (χ2v) is 6.40. The summed E-state index contributed by atoms with van der Waals surface area (Å²) < 4.78 is 6.98. The van der Waals surface area contributed by atoms with Gasteiger partial charge in [0.25, 0.3) is 5.91 Å². The maximum atomic E-state index is 12.5. The lowest BCUT2D eigenvalue weighted by Crippen LogP contribution is -2.41. The number of carbonyl (C=O) groups is 2. The van der Waals surface area contributed by atoms with Gasteiger partial charge in [0.05, 0.1) is 13.2 Å². The fourth-order valence-electron chi connectivity index (χ4n) is 3.20. The van der Waals surface area contributed by atoms with Crippen molar-refractivity contribution >= 4 is 11.8 Å². The molecule has 3 rings (SSSR count). The molecule has 1 aromatic rings. The van der Waals surface area contributed by atoms with E-state index in [4.69, 9.17) is 4.74 Å². The van der Waals surface area contributed by atoms with Crippen LogP contribution in [0, 0.1) is 12.8 Å². The van der Waals surface area contributed by atoms with Crippen molar-refractivity contribution in [3.8, 4) is 0 Å². The fourth-order valence-corrected chi connectivity index (χ4v) is 3.20. The lowest BCUT2D eigenvalue weighted by atomic mass is 10.0. The van der Waals surface area contributed by atoms with E-state index in [2.05, 4.69) is 5.10 Å². The number of likely N-dealkylation sites (tertiary alicyclic amines) is 1. The summed E-state index contributed by atoms with van der Waals surface area (Å²) in [6, 6.07) is 1.81. The highest BCUT2D eigenvalue weighted by Crippen LogP contribution is 2.22. The maximum Gasteiger partial charge on any atom is 0.274 e. The zero-order valence-electron chi connectivity index (χ0n) is 13.8. The van der Waals surface area contributed by atoms with Gasteiger partial charge in [0.1, 0.15) is 0 Å². The van der Waals surface area contributed by atoms with E-state index < -0.39 is 0 Å². The average molecular weight is 320 g/mol. The van der Waals surface area contributed by atoms with Crippen LogP contribution in [-0.4, -0.2) is 70.8 Å². The summed E-state index contributed by atoms with van der Waals surface area (Å²) in [6.45, 7) is 5.89. The van der Waals surface area contributed by atoms with E-state index in [9.17, 15) is 9.59 Å². The fraction of sp³-hybridized carbons (Fsp3) is 0.688. The summed E-state index contributed by atoms with van der Waals surface area (Å²) in [5, 5.41) is 4.25. The van der Waals surface area contributed by atoms with E-state index in [-0.39, 0.29) is 17.7 Å². The Hall–Kier alpha value is -1.89. The minimum absolute atomic E-state index is 0.0324. The lowest BCUT2D eigenvalue weighted by Gasteiger charge is -2.27. The third kappa shape index (κ3) is 3.55. The van der Waals surface area contributed by atoms with Crippen LogP contribution in [0.2, 0.25) is 0 Å². The standard InChI is InChI=1S/C16H24N4O3/c1-12-9-14(17-18(12)2)16(22)20-4-3-13(11-20)10-15(21)19-5-7-23-8-6-19/h9,13H,3-8,10-11H2,1-2H3. The summed E-state index contributed by atoms with van der Waals surface area (Å²) in [6.07, 6.45) is 1.40. The van der Waals surface area contributed by atoms with Crippen LogP contribution in [0.5, 0.6) is 0 Å². The third-order valence-corrected chi connectivity index (χ3v) is 4.73. The van der Waals surface area contributed by atoms with Gasteiger partial charge in [-0.05, 0) is 25.3 Å². The van der Waals surface area contributed by atoms with Crippen LogP contribution in [0.3, 0.4) is 0 Å². The van der Waals surface area contributed by atoms with E-state index in [1.165, 1.54) is 0 Å². The number of morpholine rings is 1. The van der Waals surface area contributed by atoms with Crippen molar-refractivity contribution < 1.29 is 14.3 Å². The Balaban J connectivity index is 1.53. The van der Waals surface area contributed by atoms with E-state index in [1.54, 1.807) is 4.68 Å². The minimum Gasteiger partial charge on any atom is -0.378 e. The predicted molar refractivity (Wildman–Crippen MR) is 84.0 cm³/mol. The van der Waals surface area contributed by atoms with Gasteiger partial charge in [-0.15, -0.1) is 0 Å². The number of carbonyl (C=O) groups excluding carboxylic acids is 2. The molecule has 1 aromatic heterocycles. The van der Waals surface area contributed by atoms with Gasteiger partial charge in [-0.25, -0.2) is 0 Å². The Morgan fingerprint density at radius 3 is 2.65 bits per heavy atom. The Morgan fingerprint density at radius 2 is 2.00 bits per heavy atom. The SMILES string of the molecule is Cc1cc(C(=O)N2CCC(CC(=O)N3CCOCC3)C2)nn1C. The average Bonchev–Trinajstić information content (AvgIpc) is 3.15. The number of aryl methyl sites for hydroxylation is 2. The molecule has 1 unspecified atom stereocenters. The van der Waals surface area contributed by atoms with Crippen molar-refractivity contribution in [3.63, 3.8) is 0 Å².